The van der Waals surface area contributed by atoms with Crippen molar-refractivity contribution < 1.29 is 0 Å². The Hall–Kier alpha value is -1.70. The third-order valence-electron chi connectivity index (χ3n) is 2.16. The van der Waals surface area contributed by atoms with E-state index in [4.69, 9.17) is 0 Å². The van der Waals surface area contributed by atoms with Crippen LogP contribution < -0.4 is 10.6 Å². The lowest BCUT2D eigenvalue weighted by Crippen LogP contribution is -2.29. The highest BCUT2D eigenvalue weighted by atomic mass is 14.9. The SMILES string of the molecule is C=C(/C=c1/cnc(C(C)C)nc1=C)/C=C/C.CC. The van der Waals surface area contributed by atoms with Gasteiger partial charge in [-0.05, 0) is 18.6 Å². The highest BCUT2D eigenvalue weighted by Gasteiger charge is 2.00. The summed E-state index contributed by atoms with van der Waals surface area (Å²) < 4.78 is 0. The largest absolute Gasteiger partial charge is 0.240 e. The molecule has 0 amide bonds. The number of allylic oxidation sites excluding steroid dienone is 3. The van der Waals surface area contributed by atoms with Crippen molar-refractivity contribution in [3.63, 3.8) is 0 Å². The van der Waals surface area contributed by atoms with Gasteiger partial charge in [0.2, 0.25) is 0 Å². The van der Waals surface area contributed by atoms with Crippen molar-refractivity contribution in [1.29, 1.82) is 0 Å². The molecule has 0 atom stereocenters. The van der Waals surface area contributed by atoms with E-state index in [1.54, 1.807) is 6.20 Å². The van der Waals surface area contributed by atoms with Crippen LogP contribution in [0.25, 0.3) is 12.7 Å². The molecular weight excluding hydrogens is 220 g/mol. The molecule has 1 rings (SSSR count). The molecule has 0 saturated carbocycles. The van der Waals surface area contributed by atoms with Crippen molar-refractivity contribution in [2.75, 3.05) is 0 Å². The van der Waals surface area contributed by atoms with Crippen LogP contribution in [0.1, 0.15) is 46.4 Å². The van der Waals surface area contributed by atoms with Crippen LogP contribution in [0.5, 0.6) is 0 Å². The molecule has 0 aliphatic heterocycles. The highest BCUT2D eigenvalue weighted by Crippen LogP contribution is 2.03. The maximum Gasteiger partial charge on any atom is 0.131 e. The summed E-state index contributed by atoms with van der Waals surface area (Å²) >= 11 is 0. The molecule has 0 aromatic carbocycles. The summed E-state index contributed by atoms with van der Waals surface area (Å²) in [7, 11) is 0. The summed E-state index contributed by atoms with van der Waals surface area (Å²) in [6.45, 7) is 17.9. The fourth-order valence-corrected chi connectivity index (χ4v) is 1.30. The third-order valence-corrected chi connectivity index (χ3v) is 2.16. The van der Waals surface area contributed by atoms with Crippen LogP contribution >= 0.6 is 0 Å². The van der Waals surface area contributed by atoms with E-state index in [0.717, 1.165) is 22.0 Å². The van der Waals surface area contributed by atoms with Gasteiger partial charge in [-0.3, -0.25) is 0 Å². The van der Waals surface area contributed by atoms with E-state index in [1.165, 1.54) is 0 Å². The van der Waals surface area contributed by atoms with Crippen LogP contribution in [-0.2, 0) is 0 Å². The van der Waals surface area contributed by atoms with Gasteiger partial charge in [-0.25, -0.2) is 9.97 Å². The Morgan fingerprint density at radius 2 is 1.94 bits per heavy atom. The second kappa shape index (κ2) is 8.40. The van der Waals surface area contributed by atoms with Crippen LogP contribution in [0.15, 0.2) is 30.5 Å². The molecular formula is C16H24N2. The van der Waals surface area contributed by atoms with Crippen LogP contribution in [0.2, 0.25) is 0 Å². The first kappa shape index (κ1) is 16.3. The van der Waals surface area contributed by atoms with Gasteiger partial charge in [0.05, 0.1) is 5.35 Å². The minimum atomic E-state index is 0.327. The van der Waals surface area contributed by atoms with Gasteiger partial charge in [-0.1, -0.05) is 53.0 Å². The van der Waals surface area contributed by atoms with Crippen LogP contribution in [0.3, 0.4) is 0 Å². The molecule has 1 aromatic rings. The molecule has 0 radical (unpaired) electrons. The lowest BCUT2D eigenvalue weighted by molar-refractivity contribution is 0.764. The van der Waals surface area contributed by atoms with Crippen LogP contribution in [0.4, 0.5) is 0 Å². The standard InChI is InChI=1S/C14H18N2.C2H6/c1-6-7-11(4)8-13-9-15-14(10(2)3)16-12(13)5;1-2/h6-10H,4-5H2,1-3H3;1-2H3/b7-6+,13-8-;. The molecule has 0 spiro atoms. The molecule has 18 heavy (non-hydrogen) atoms. The minimum absolute atomic E-state index is 0.327. The Kier molecular flexibility index (Phi) is 7.61. The molecule has 0 aliphatic carbocycles. The second-order valence-corrected chi connectivity index (χ2v) is 4.00. The lowest BCUT2D eigenvalue weighted by Gasteiger charge is -2.01. The van der Waals surface area contributed by atoms with Crippen molar-refractivity contribution in [3.8, 4) is 0 Å². The maximum atomic E-state index is 4.37. The van der Waals surface area contributed by atoms with E-state index in [-0.39, 0.29) is 0 Å². The quantitative estimate of drug-likeness (QED) is 0.764. The molecule has 0 N–H and O–H groups in total. The molecule has 2 heteroatoms. The van der Waals surface area contributed by atoms with Crippen LogP contribution in [0, 0.1) is 0 Å². The van der Waals surface area contributed by atoms with Crippen molar-refractivity contribution in [2.45, 2.75) is 40.5 Å². The maximum absolute atomic E-state index is 4.37. The zero-order valence-corrected chi connectivity index (χ0v) is 12.2. The monoisotopic (exact) mass is 244 g/mol. The zero-order valence-electron chi connectivity index (χ0n) is 12.2. The van der Waals surface area contributed by atoms with E-state index in [2.05, 4.69) is 37.0 Å². The molecule has 1 aromatic heterocycles. The molecule has 0 saturated heterocycles. The number of nitrogens with zero attached hydrogens (tertiary/aromatic N) is 2. The highest BCUT2D eigenvalue weighted by molar-refractivity contribution is 5.50. The fourth-order valence-electron chi connectivity index (χ4n) is 1.30. The Morgan fingerprint density at radius 3 is 2.39 bits per heavy atom. The predicted molar refractivity (Wildman–Crippen MR) is 80.7 cm³/mol. The van der Waals surface area contributed by atoms with Crippen molar-refractivity contribution in [3.05, 3.63) is 46.9 Å². The Morgan fingerprint density at radius 1 is 1.33 bits per heavy atom. The van der Waals surface area contributed by atoms with Gasteiger partial charge < -0.3 is 0 Å². The average Bonchev–Trinajstić information content (AvgIpc) is 2.34. The molecule has 0 unspecified atom stereocenters. The van der Waals surface area contributed by atoms with Crippen molar-refractivity contribution in [1.82, 2.24) is 9.97 Å². The third kappa shape index (κ3) is 5.09. The predicted octanol–water partition coefficient (Wildman–Crippen LogP) is 2.95. The van der Waals surface area contributed by atoms with E-state index in [0.29, 0.717) is 5.92 Å². The fraction of sp³-hybridized carbons (Fsp3) is 0.375. The molecule has 0 fully saturated rings. The van der Waals surface area contributed by atoms with Crippen molar-refractivity contribution in [2.24, 2.45) is 0 Å². The molecule has 0 bridgehead atoms. The average molecular weight is 244 g/mol. The Balaban J connectivity index is 0.00000137. The first-order valence-corrected chi connectivity index (χ1v) is 6.39. The Labute approximate surface area is 110 Å². The second-order valence-electron chi connectivity index (χ2n) is 4.00. The van der Waals surface area contributed by atoms with Gasteiger partial charge >= 0.3 is 0 Å². The smallest absolute Gasteiger partial charge is 0.131 e. The van der Waals surface area contributed by atoms with Gasteiger partial charge in [0, 0.05) is 17.3 Å². The molecule has 98 valence electrons. The first-order valence-electron chi connectivity index (χ1n) is 6.39. The van der Waals surface area contributed by atoms with E-state index >= 15 is 0 Å². The van der Waals surface area contributed by atoms with Gasteiger partial charge in [-0.15, -0.1) is 0 Å². The summed E-state index contributed by atoms with van der Waals surface area (Å²) in [5, 5.41) is 1.68. The minimum Gasteiger partial charge on any atom is -0.240 e. The number of aromatic nitrogens is 2. The lowest BCUT2D eigenvalue weighted by atomic mass is 10.2. The van der Waals surface area contributed by atoms with E-state index in [1.807, 2.05) is 39.0 Å². The number of hydrogen-bond donors (Lipinski definition) is 0. The molecule has 0 aliphatic rings. The number of hydrogen-bond acceptors (Lipinski definition) is 2. The van der Waals surface area contributed by atoms with E-state index < -0.39 is 0 Å². The van der Waals surface area contributed by atoms with Gasteiger partial charge in [0.1, 0.15) is 5.82 Å². The van der Waals surface area contributed by atoms with Crippen molar-refractivity contribution >= 4 is 12.7 Å². The topological polar surface area (TPSA) is 25.8 Å². The summed E-state index contributed by atoms with van der Waals surface area (Å²) in [5.74, 6) is 1.16. The summed E-state index contributed by atoms with van der Waals surface area (Å²) in [6, 6.07) is 0. The summed E-state index contributed by atoms with van der Waals surface area (Å²) in [4.78, 5) is 8.67. The summed E-state index contributed by atoms with van der Waals surface area (Å²) in [5.41, 5.74) is 0.924. The normalized spacial score (nSPS) is 11.6. The van der Waals surface area contributed by atoms with Crippen LogP contribution in [-0.4, -0.2) is 9.97 Å². The molecule has 1 heterocycles. The first-order chi connectivity index (χ1) is 8.54. The van der Waals surface area contributed by atoms with E-state index in [9.17, 15) is 0 Å². The van der Waals surface area contributed by atoms with Gasteiger partial charge in [-0.2, -0.15) is 0 Å². The summed E-state index contributed by atoms with van der Waals surface area (Å²) in [6.07, 6.45) is 7.63. The van der Waals surface area contributed by atoms with Gasteiger partial charge in [0.15, 0.2) is 0 Å². The molecule has 2 nitrogen and oxygen atoms in total. The zero-order chi connectivity index (χ0) is 14.1. The number of rotatable bonds is 3. The van der Waals surface area contributed by atoms with Gasteiger partial charge in [0.25, 0.3) is 0 Å². The Bertz CT molecular complexity index is 510.